The van der Waals surface area contributed by atoms with E-state index in [2.05, 4.69) is 51.0 Å². The van der Waals surface area contributed by atoms with Crippen molar-refractivity contribution in [2.75, 3.05) is 26.7 Å². The van der Waals surface area contributed by atoms with Crippen molar-refractivity contribution in [1.29, 1.82) is 0 Å². The number of aromatic nitrogens is 1. The van der Waals surface area contributed by atoms with Crippen LogP contribution in [0.25, 0.3) is 0 Å². The number of aliphatic imine (C=N–C) groups is 1. The van der Waals surface area contributed by atoms with Gasteiger partial charge in [0.1, 0.15) is 0 Å². The van der Waals surface area contributed by atoms with Crippen LogP contribution in [-0.2, 0) is 19.5 Å². The lowest BCUT2D eigenvalue weighted by atomic mass is 10.1. The standard InChI is InChI=1S/C18H27N5OS/c1-13(2)16-10-15(24-22-16)11-21-18(19-3)20-6-8-23-7-4-17-14(12-23)5-9-25-17/h5,9-10,13H,4,6-8,11-12H2,1-3H3,(H2,19,20,21). The van der Waals surface area contributed by atoms with Gasteiger partial charge in [0.15, 0.2) is 11.7 Å². The Labute approximate surface area is 153 Å². The monoisotopic (exact) mass is 361 g/mol. The molecule has 2 N–H and O–H groups in total. The van der Waals surface area contributed by atoms with Gasteiger partial charge in [0, 0.05) is 44.2 Å². The van der Waals surface area contributed by atoms with Crippen LogP contribution < -0.4 is 10.6 Å². The smallest absolute Gasteiger partial charge is 0.191 e. The third-order valence-electron chi connectivity index (χ3n) is 4.43. The maximum absolute atomic E-state index is 5.34. The van der Waals surface area contributed by atoms with Gasteiger partial charge in [-0.2, -0.15) is 0 Å². The molecule has 136 valence electrons. The first-order valence-corrected chi connectivity index (χ1v) is 9.71. The molecule has 0 fully saturated rings. The number of hydrogen-bond acceptors (Lipinski definition) is 5. The Hall–Kier alpha value is -1.86. The maximum Gasteiger partial charge on any atom is 0.191 e. The first kappa shape index (κ1) is 17.9. The highest BCUT2D eigenvalue weighted by Crippen LogP contribution is 2.23. The molecule has 2 aromatic heterocycles. The van der Waals surface area contributed by atoms with Crippen LogP contribution in [0.15, 0.2) is 27.0 Å². The van der Waals surface area contributed by atoms with E-state index in [1.54, 1.807) is 11.9 Å². The van der Waals surface area contributed by atoms with Crippen LogP contribution >= 0.6 is 11.3 Å². The van der Waals surface area contributed by atoms with E-state index < -0.39 is 0 Å². The van der Waals surface area contributed by atoms with E-state index in [4.69, 9.17) is 4.52 Å². The van der Waals surface area contributed by atoms with Gasteiger partial charge in [-0.05, 0) is 29.3 Å². The van der Waals surface area contributed by atoms with E-state index in [0.29, 0.717) is 12.5 Å². The molecule has 0 saturated carbocycles. The van der Waals surface area contributed by atoms with E-state index in [1.807, 2.05) is 17.4 Å². The average Bonchev–Trinajstić information content (AvgIpc) is 3.26. The summed E-state index contributed by atoms with van der Waals surface area (Å²) in [4.78, 5) is 8.31. The molecule has 0 aliphatic carbocycles. The minimum Gasteiger partial charge on any atom is -0.359 e. The molecule has 0 saturated heterocycles. The zero-order valence-corrected chi connectivity index (χ0v) is 16.0. The lowest BCUT2D eigenvalue weighted by Crippen LogP contribution is -2.42. The fraction of sp³-hybridized carbons (Fsp3) is 0.556. The van der Waals surface area contributed by atoms with E-state index in [1.165, 1.54) is 12.0 Å². The van der Waals surface area contributed by atoms with Crippen molar-refractivity contribution in [2.45, 2.75) is 39.3 Å². The summed E-state index contributed by atoms with van der Waals surface area (Å²) in [5.74, 6) is 1.99. The number of nitrogens with one attached hydrogen (secondary N) is 2. The topological polar surface area (TPSA) is 65.7 Å². The molecular weight excluding hydrogens is 334 g/mol. The average molecular weight is 362 g/mol. The van der Waals surface area contributed by atoms with Crippen molar-refractivity contribution in [3.05, 3.63) is 39.4 Å². The Balaban J connectivity index is 1.39. The lowest BCUT2D eigenvalue weighted by molar-refractivity contribution is 0.260. The van der Waals surface area contributed by atoms with Crippen molar-refractivity contribution in [3.8, 4) is 0 Å². The highest BCUT2D eigenvalue weighted by Gasteiger charge is 2.16. The predicted molar refractivity (Wildman–Crippen MR) is 102 cm³/mol. The summed E-state index contributed by atoms with van der Waals surface area (Å²) in [7, 11) is 1.79. The van der Waals surface area contributed by atoms with Gasteiger partial charge < -0.3 is 15.2 Å². The van der Waals surface area contributed by atoms with Crippen LogP contribution in [0.4, 0.5) is 0 Å². The van der Waals surface area contributed by atoms with Crippen LogP contribution in [0.2, 0.25) is 0 Å². The molecule has 25 heavy (non-hydrogen) atoms. The second-order valence-electron chi connectivity index (χ2n) is 6.62. The van der Waals surface area contributed by atoms with Crippen molar-refractivity contribution in [2.24, 2.45) is 4.99 Å². The second-order valence-corrected chi connectivity index (χ2v) is 7.62. The third kappa shape index (κ3) is 4.83. The van der Waals surface area contributed by atoms with Gasteiger partial charge in [-0.3, -0.25) is 9.89 Å². The van der Waals surface area contributed by atoms with Crippen LogP contribution in [0.3, 0.4) is 0 Å². The number of rotatable bonds is 6. The van der Waals surface area contributed by atoms with Gasteiger partial charge in [0.2, 0.25) is 0 Å². The molecule has 0 amide bonds. The van der Waals surface area contributed by atoms with Gasteiger partial charge in [0.25, 0.3) is 0 Å². The van der Waals surface area contributed by atoms with Gasteiger partial charge in [-0.25, -0.2) is 0 Å². The zero-order valence-electron chi connectivity index (χ0n) is 15.2. The highest BCUT2D eigenvalue weighted by atomic mass is 32.1. The molecule has 3 rings (SSSR count). The quantitative estimate of drug-likeness (QED) is 0.611. The number of guanidine groups is 1. The summed E-state index contributed by atoms with van der Waals surface area (Å²) >= 11 is 1.88. The largest absolute Gasteiger partial charge is 0.359 e. The first-order chi connectivity index (χ1) is 12.2. The van der Waals surface area contributed by atoms with Crippen molar-refractivity contribution >= 4 is 17.3 Å². The summed E-state index contributed by atoms with van der Waals surface area (Å²) in [5, 5.41) is 12.9. The Morgan fingerprint density at radius 1 is 1.44 bits per heavy atom. The zero-order chi connectivity index (χ0) is 17.6. The lowest BCUT2D eigenvalue weighted by Gasteiger charge is -2.27. The van der Waals surface area contributed by atoms with Crippen molar-refractivity contribution in [1.82, 2.24) is 20.7 Å². The molecular formula is C18H27N5OS. The van der Waals surface area contributed by atoms with Gasteiger partial charge in [-0.1, -0.05) is 19.0 Å². The van der Waals surface area contributed by atoms with E-state index in [-0.39, 0.29) is 0 Å². The molecule has 0 radical (unpaired) electrons. The summed E-state index contributed by atoms with van der Waals surface area (Å²) in [6.45, 7) is 8.87. The summed E-state index contributed by atoms with van der Waals surface area (Å²) in [5.41, 5.74) is 2.47. The molecule has 7 heteroatoms. The molecule has 1 aliphatic rings. The second kappa shape index (κ2) is 8.49. The molecule has 0 spiro atoms. The summed E-state index contributed by atoms with van der Waals surface area (Å²) < 4.78 is 5.34. The summed E-state index contributed by atoms with van der Waals surface area (Å²) in [6, 6.07) is 4.25. The molecule has 0 aromatic carbocycles. The number of fused-ring (bicyclic) bond motifs is 1. The molecule has 0 unspecified atom stereocenters. The minimum atomic E-state index is 0.378. The van der Waals surface area contributed by atoms with E-state index >= 15 is 0 Å². The SMILES string of the molecule is CN=C(NCCN1CCc2sccc2C1)NCc1cc(C(C)C)no1. The van der Waals surface area contributed by atoms with E-state index in [0.717, 1.165) is 43.6 Å². The first-order valence-electron chi connectivity index (χ1n) is 8.83. The van der Waals surface area contributed by atoms with E-state index in [9.17, 15) is 0 Å². The van der Waals surface area contributed by atoms with Crippen LogP contribution in [0, 0.1) is 0 Å². The van der Waals surface area contributed by atoms with Crippen molar-refractivity contribution in [3.63, 3.8) is 0 Å². The highest BCUT2D eigenvalue weighted by molar-refractivity contribution is 7.10. The maximum atomic E-state index is 5.34. The van der Waals surface area contributed by atoms with Crippen LogP contribution in [-0.4, -0.2) is 42.7 Å². The number of nitrogens with zero attached hydrogens (tertiary/aromatic N) is 3. The molecule has 3 heterocycles. The normalized spacial score (nSPS) is 15.4. The van der Waals surface area contributed by atoms with Crippen molar-refractivity contribution < 1.29 is 4.52 Å². The van der Waals surface area contributed by atoms with Gasteiger partial charge in [0.05, 0.1) is 12.2 Å². The minimum absolute atomic E-state index is 0.378. The molecule has 1 aliphatic heterocycles. The number of thiophene rings is 1. The summed E-state index contributed by atoms with van der Waals surface area (Å²) in [6.07, 6.45) is 1.17. The van der Waals surface area contributed by atoms with Crippen LogP contribution in [0.5, 0.6) is 0 Å². The van der Waals surface area contributed by atoms with Crippen LogP contribution in [0.1, 0.15) is 41.7 Å². The Kier molecular flexibility index (Phi) is 6.09. The Bertz CT molecular complexity index is 706. The van der Waals surface area contributed by atoms with Gasteiger partial charge >= 0.3 is 0 Å². The Morgan fingerprint density at radius 2 is 2.32 bits per heavy atom. The predicted octanol–water partition coefficient (Wildman–Crippen LogP) is 2.58. The molecule has 6 nitrogen and oxygen atoms in total. The molecule has 2 aromatic rings. The fourth-order valence-electron chi connectivity index (χ4n) is 2.91. The molecule has 0 bridgehead atoms. The Morgan fingerprint density at radius 3 is 3.08 bits per heavy atom. The number of hydrogen-bond donors (Lipinski definition) is 2. The third-order valence-corrected chi connectivity index (χ3v) is 5.45. The fourth-order valence-corrected chi connectivity index (χ4v) is 3.80. The van der Waals surface area contributed by atoms with Gasteiger partial charge in [-0.15, -0.1) is 11.3 Å². The molecule has 0 atom stereocenters.